The van der Waals surface area contributed by atoms with Crippen LogP contribution in [0.1, 0.15) is 49.3 Å². The van der Waals surface area contributed by atoms with E-state index in [2.05, 4.69) is 21.7 Å². The molecule has 1 atom stereocenters. The van der Waals surface area contributed by atoms with Gasteiger partial charge in [0.1, 0.15) is 18.0 Å². The number of carbonyl (C=O) groups is 1. The van der Waals surface area contributed by atoms with Crippen LogP contribution in [-0.4, -0.2) is 47.7 Å². The molecule has 190 valence electrons. The van der Waals surface area contributed by atoms with E-state index in [0.29, 0.717) is 30.3 Å². The number of rotatable bonds is 6. The molecule has 2 aromatic rings. The third-order valence-corrected chi connectivity index (χ3v) is 8.75. The van der Waals surface area contributed by atoms with Gasteiger partial charge in [0, 0.05) is 24.2 Å². The summed E-state index contributed by atoms with van der Waals surface area (Å²) in [5.74, 6) is 1.03. The number of carbonyl (C=O) groups excluding carboxylic acids is 1. The highest BCUT2D eigenvalue weighted by Crippen LogP contribution is 2.51. The molecule has 2 amide bonds. The first-order chi connectivity index (χ1) is 17.5. The van der Waals surface area contributed by atoms with Crippen LogP contribution >= 0.6 is 0 Å². The number of hydrogen-bond donors (Lipinski definition) is 3. The lowest BCUT2D eigenvalue weighted by atomic mass is 9.80. The lowest BCUT2D eigenvalue weighted by Crippen LogP contribution is -2.41. The fourth-order valence-corrected chi connectivity index (χ4v) is 6.35. The van der Waals surface area contributed by atoms with Gasteiger partial charge in [-0.3, -0.25) is 4.90 Å². The van der Waals surface area contributed by atoms with Gasteiger partial charge in [0.05, 0.1) is 7.11 Å². The molecule has 0 saturated heterocycles. The number of anilines is 1. The Morgan fingerprint density at radius 2 is 2.00 bits per heavy atom. The Morgan fingerprint density at radius 1 is 1.25 bits per heavy atom. The SMILES string of the molecule is CC[S+]([O-])c1ccc(CNC(=O)N2CC3(CCCC3)c3cc(C4=C(OC)NCN=C4O)ccc32)cc1. The zero-order valence-electron chi connectivity index (χ0n) is 20.7. The van der Waals surface area contributed by atoms with Crippen LogP contribution < -0.4 is 15.5 Å². The average molecular weight is 509 g/mol. The number of fused-ring (bicyclic) bond motifs is 2. The highest BCUT2D eigenvalue weighted by molar-refractivity contribution is 7.91. The molecule has 1 aliphatic carbocycles. The maximum atomic E-state index is 13.3. The van der Waals surface area contributed by atoms with Crippen molar-refractivity contribution in [2.45, 2.75) is 49.5 Å². The Hall–Kier alpha value is -3.17. The smallest absolute Gasteiger partial charge is 0.322 e. The monoisotopic (exact) mass is 508 g/mol. The lowest BCUT2D eigenvalue weighted by Gasteiger charge is -2.25. The van der Waals surface area contributed by atoms with E-state index in [0.717, 1.165) is 53.0 Å². The van der Waals surface area contributed by atoms with E-state index in [-0.39, 0.29) is 24.0 Å². The van der Waals surface area contributed by atoms with Crippen LogP contribution in [0.25, 0.3) is 5.57 Å². The molecule has 2 aliphatic heterocycles. The van der Waals surface area contributed by atoms with Gasteiger partial charge in [0.25, 0.3) is 0 Å². The second-order valence-electron chi connectivity index (χ2n) is 9.47. The molecule has 3 aliphatic rings. The number of aliphatic hydroxyl groups excluding tert-OH is 1. The number of methoxy groups -OCH3 is 1. The highest BCUT2D eigenvalue weighted by atomic mass is 32.2. The largest absolute Gasteiger partial charge is 0.611 e. The standard InChI is InChI=1S/C27H32N4O4S/c1-3-36(34)20-9-6-18(7-10-20)15-28-26(33)31-16-27(12-4-5-13-27)21-14-19(8-11-22(21)31)23-24(32)29-17-30-25(23)35-2/h6-11,14,30H,3-5,12-13,15-17H2,1-2H3,(H,28,33)(H,29,32). The van der Waals surface area contributed by atoms with Crippen LogP contribution in [0.4, 0.5) is 10.5 Å². The van der Waals surface area contributed by atoms with E-state index in [1.807, 2.05) is 48.2 Å². The molecule has 0 aromatic heterocycles. The summed E-state index contributed by atoms with van der Waals surface area (Å²) in [5.41, 5.74) is 4.28. The van der Waals surface area contributed by atoms with Gasteiger partial charge in [-0.05, 0) is 71.9 Å². The third-order valence-electron chi connectivity index (χ3n) is 7.43. The minimum atomic E-state index is -0.986. The summed E-state index contributed by atoms with van der Waals surface area (Å²) < 4.78 is 17.4. The van der Waals surface area contributed by atoms with Crippen molar-refractivity contribution in [1.82, 2.24) is 10.6 Å². The molecular weight excluding hydrogens is 476 g/mol. The van der Waals surface area contributed by atoms with Crippen molar-refractivity contribution in [2.75, 3.05) is 31.0 Å². The average Bonchev–Trinajstić information content (AvgIpc) is 3.52. The predicted molar refractivity (Wildman–Crippen MR) is 142 cm³/mol. The van der Waals surface area contributed by atoms with E-state index in [1.54, 1.807) is 7.11 Å². The number of nitrogens with zero attached hydrogens (tertiary/aromatic N) is 2. The fraction of sp³-hybridized carbons (Fsp3) is 0.407. The highest BCUT2D eigenvalue weighted by Gasteiger charge is 2.46. The second-order valence-corrected chi connectivity index (χ2v) is 11.2. The molecule has 0 bridgehead atoms. The Morgan fingerprint density at radius 3 is 2.69 bits per heavy atom. The minimum absolute atomic E-state index is 0.0487. The summed E-state index contributed by atoms with van der Waals surface area (Å²) in [6.07, 6.45) is 4.31. The van der Waals surface area contributed by atoms with Gasteiger partial charge in [-0.25, -0.2) is 9.79 Å². The first-order valence-corrected chi connectivity index (χ1v) is 13.7. The number of ether oxygens (including phenoxy) is 1. The number of urea groups is 1. The first kappa shape index (κ1) is 24.5. The van der Waals surface area contributed by atoms with E-state index in [4.69, 9.17) is 4.74 Å². The van der Waals surface area contributed by atoms with Crippen LogP contribution in [0.5, 0.6) is 0 Å². The Labute approximate surface area is 214 Å². The molecule has 8 nitrogen and oxygen atoms in total. The number of hydrogen-bond acceptors (Lipinski definition) is 5. The zero-order chi connectivity index (χ0) is 25.3. The molecule has 1 saturated carbocycles. The maximum Gasteiger partial charge on any atom is 0.322 e. The minimum Gasteiger partial charge on any atom is -0.611 e. The Bertz CT molecular complexity index is 1200. The normalized spacial score (nSPS) is 19.1. The number of benzene rings is 2. The van der Waals surface area contributed by atoms with Crippen LogP contribution in [0.3, 0.4) is 0 Å². The topological polar surface area (TPSA) is 109 Å². The fourth-order valence-electron chi connectivity index (χ4n) is 5.57. The lowest BCUT2D eigenvalue weighted by molar-refractivity contribution is 0.245. The second kappa shape index (κ2) is 10.1. The van der Waals surface area contributed by atoms with Crippen molar-refractivity contribution < 1.29 is 19.2 Å². The number of amides is 2. The van der Waals surface area contributed by atoms with Crippen LogP contribution in [0.15, 0.2) is 58.2 Å². The quantitative estimate of drug-likeness (QED) is 0.507. The van der Waals surface area contributed by atoms with E-state index < -0.39 is 11.2 Å². The molecule has 2 aromatic carbocycles. The van der Waals surface area contributed by atoms with E-state index >= 15 is 0 Å². The van der Waals surface area contributed by atoms with Gasteiger partial charge in [-0.1, -0.05) is 31.0 Å². The summed E-state index contributed by atoms with van der Waals surface area (Å²) in [4.78, 5) is 20.1. The molecule has 5 rings (SSSR count). The van der Waals surface area contributed by atoms with Crippen LogP contribution in [-0.2, 0) is 27.9 Å². The molecule has 0 radical (unpaired) electrons. The van der Waals surface area contributed by atoms with Crippen molar-refractivity contribution in [2.24, 2.45) is 4.99 Å². The maximum absolute atomic E-state index is 13.3. The predicted octanol–water partition coefficient (Wildman–Crippen LogP) is 4.19. The molecule has 9 heteroatoms. The van der Waals surface area contributed by atoms with Gasteiger partial charge in [-0.15, -0.1) is 0 Å². The van der Waals surface area contributed by atoms with Gasteiger partial charge < -0.3 is 25.0 Å². The molecule has 1 spiro atoms. The molecule has 36 heavy (non-hydrogen) atoms. The van der Waals surface area contributed by atoms with Crippen molar-refractivity contribution in [3.8, 4) is 0 Å². The molecular formula is C27H32N4O4S. The number of nitrogens with one attached hydrogen (secondary N) is 2. The first-order valence-electron chi connectivity index (χ1n) is 12.4. The van der Waals surface area contributed by atoms with Crippen molar-refractivity contribution in [3.05, 3.63) is 65.0 Å². The van der Waals surface area contributed by atoms with Gasteiger partial charge in [0.2, 0.25) is 11.8 Å². The summed E-state index contributed by atoms with van der Waals surface area (Å²) in [5, 5.41) is 16.6. The zero-order valence-corrected chi connectivity index (χ0v) is 21.5. The van der Waals surface area contributed by atoms with Crippen LogP contribution in [0.2, 0.25) is 0 Å². The number of aliphatic imine (C=N–C) groups is 1. The third kappa shape index (κ3) is 4.41. The molecule has 1 fully saturated rings. The van der Waals surface area contributed by atoms with Crippen molar-refractivity contribution in [1.29, 1.82) is 0 Å². The number of aliphatic hydroxyl groups is 1. The van der Waals surface area contributed by atoms with Gasteiger partial charge in [0.15, 0.2) is 4.90 Å². The van der Waals surface area contributed by atoms with Gasteiger partial charge in [-0.2, -0.15) is 0 Å². The van der Waals surface area contributed by atoms with Gasteiger partial charge >= 0.3 is 6.03 Å². The Balaban J connectivity index is 1.39. The molecule has 3 N–H and O–H groups in total. The molecule has 1 unspecified atom stereocenters. The summed E-state index contributed by atoms with van der Waals surface area (Å²) in [6.45, 7) is 3.20. The molecule has 2 heterocycles. The summed E-state index contributed by atoms with van der Waals surface area (Å²) >= 11 is -0.986. The van der Waals surface area contributed by atoms with E-state index in [9.17, 15) is 14.5 Å². The van der Waals surface area contributed by atoms with Crippen molar-refractivity contribution in [3.63, 3.8) is 0 Å². The van der Waals surface area contributed by atoms with E-state index in [1.165, 1.54) is 0 Å². The van der Waals surface area contributed by atoms with Crippen LogP contribution in [0, 0.1) is 0 Å². The summed E-state index contributed by atoms with van der Waals surface area (Å²) in [6, 6.07) is 13.4. The Kier molecular flexibility index (Phi) is 6.85. The van der Waals surface area contributed by atoms with Crippen molar-refractivity contribution >= 4 is 34.4 Å². The summed E-state index contributed by atoms with van der Waals surface area (Å²) in [7, 11) is 1.57.